The average Bonchev–Trinajstić information content (AvgIpc) is 3.12. The second-order valence-electron chi connectivity index (χ2n) is 8.46. The number of nitrogens with one attached hydrogen (secondary N) is 1. The summed E-state index contributed by atoms with van der Waals surface area (Å²) in [6.07, 6.45) is 5.08. The fourth-order valence-corrected chi connectivity index (χ4v) is 4.49. The minimum Gasteiger partial charge on any atom is -0.327 e. The van der Waals surface area contributed by atoms with Crippen LogP contribution in [0.4, 0.5) is 5.69 Å². The number of carbonyl (C=O) groups is 2. The van der Waals surface area contributed by atoms with Crippen LogP contribution in [0.5, 0.6) is 0 Å². The smallest absolute Gasteiger partial charge is 0.273 e. The Hall–Kier alpha value is -3.55. The van der Waals surface area contributed by atoms with Gasteiger partial charge in [-0.15, -0.1) is 0 Å². The molecule has 0 unspecified atom stereocenters. The molecule has 3 heterocycles. The monoisotopic (exact) mass is 446 g/mol. The molecular formula is C25H30N6O2. The summed E-state index contributed by atoms with van der Waals surface area (Å²) in [5, 5.41) is 7.39. The lowest BCUT2D eigenvalue weighted by Gasteiger charge is -2.35. The van der Waals surface area contributed by atoms with E-state index in [1.165, 1.54) is 0 Å². The second kappa shape index (κ2) is 9.52. The molecule has 0 bridgehead atoms. The maximum absolute atomic E-state index is 13.6. The summed E-state index contributed by atoms with van der Waals surface area (Å²) < 4.78 is 1.69. The van der Waals surface area contributed by atoms with Crippen LogP contribution in [0.2, 0.25) is 0 Å². The van der Waals surface area contributed by atoms with Crippen LogP contribution in [0, 0.1) is 13.8 Å². The van der Waals surface area contributed by atoms with Crippen LogP contribution < -0.4 is 5.32 Å². The summed E-state index contributed by atoms with van der Waals surface area (Å²) in [6, 6.07) is 9.06. The van der Waals surface area contributed by atoms with Crippen LogP contribution in [0.1, 0.15) is 75.9 Å². The number of piperidine rings is 1. The molecule has 3 aromatic rings. The lowest BCUT2D eigenvalue weighted by atomic mass is 9.99. The zero-order chi connectivity index (χ0) is 23.5. The Balaban J connectivity index is 1.59. The maximum Gasteiger partial charge on any atom is 0.273 e. The van der Waals surface area contributed by atoms with E-state index in [0.29, 0.717) is 35.0 Å². The number of rotatable bonds is 5. The molecule has 172 valence electrons. The van der Waals surface area contributed by atoms with Gasteiger partial charge in [-0.2, -0.15) is 5.10 Å². The number of anilines is 1. The molecule has 1 N–H and O–H groups in total. The molecule has 1 aromatic carbocycles. The number of benzene rings is 1. The SMILES string of the molecule is CCc1nn(C)c(C(=O)N2CCCC[C@H]2c2ncc(C(=O)Nc3ccccc3)c(C)n2)c1C. The summed E-state index contributed by atoms with van der Waals surface area (Å²) in [6.45, 7) is 6.45. The molecule has 1 atom stereocenters. The van der Waals surface area contributed by atoms with Crippen LogP contribution in [-0.2, 0) is 13.5 Å². The first kappa shape index (κ1) is 22.6. The number of nitrogens with zero attached hydrogens (tertiary/aromatic N) is 5. The van der Waals surface area contributed by atoms with E-state index in [1.54, 1.807) is 17.8 Å². The van der Waals surface area contributed by atoms with Gasteiger partial charge < -0.3 is 10.2 Å². The normalized spacial score (nSPS) is 16.0. The first-order valence-corrected chi connectivity index (χ1v) is 11.4. The standard InChI is InChI=1S/C25H30N6O2/c1-5-20-16(2)22(30(4)29-20)25(33)31-14-10-9-13-21(31)23-26-15-19(17(3)27-23)24(32)28-18-11-7-6-8-12-18/h6-8,11-12,15,21H,5,9-10,13-14H2,1-4H3,(H,28,32)/t21-/m0/s1. The van der Waals surface area contributed by atoms with Gasteiger partial charge in [0.05, 0.1) is 23.0 Å². The van der Waals surface area contributed by atoms with E-state index in [1.807, 2.05) is 56.1 Å². The van der Waals surface area contributed by atoms with Gasteiger partial charge in [0.1, 0.15) is 5.69 Å². The van der Waals surface area contributed by atoms with Gasteiger partial charge in [-0.3, -0.25) is 14.3 Å². The molecule has 0 aliphatic carbocycles. The summed E-state index contributed by atoms with van der Waals surface area (Å²) in [4.78, 5) is 37.3. The van der Waals surface area contributed by atoms with Crippen molar-refractivity contribution in [1.29, 1.82) is 0 Å². The fourth-order valence-electron chi connectivity index (χ4n) is 4.49. The Labute approximate surface area is 194 Å². The van der Waals surface area contributed by atoms with Gasteiger partial charge in [0, 0.05) is 31.0 Å². The van der Waals surface area contributed by atoms with Crippen molar-refractivity contribution in [3.8, 4) is 0 Å². The molecular weight excluding hydrogens is 416 g/mol. The third-order valence-electron chi connectivity index (χ3n) is 6.26. The van der Waals surface area contributed by atoms with E-state index >= 15 is 0 Å². The fraction of sp³-hybridized carbons (Fsp3) is 0.400. The number of amides is 2. The number of likely N-dealkylation sites (tertiary alicyclic amines) is 1. The average molecular weight is 447 g/mol. The molecule has 1 fully saturated rings. The molecule has 8 nitrogen and oxygen atoms in total. The number of aryl methyl sites for hydroxylation is 3. The van der Waals surface area contributed by atoms with Crippen LogP contribution in [0.25, 0.3) is 0 Å². The Morgan fingerprint density at radius 1 is 1.15 bits per heavy atom. The molecule has 0 saturated carbocycles. The Bertz CT molecular complexity index is 1170. The highest BCUT2D eigenvalue weighted by Gasteiger charge is 2.33. The largest absolute Gasteiger partial charge is 0.327 e. The van der Waals surface area contributed by atoms with Crippen molar-refractivity contribution in [2.24, 2.45) is 7.05 Å². The molecule has 2 amide bonds. The van der Waals surface area contributed by atoms with Gasteiger partial charge in [-0.1, -0.05) is 25.1 Å². The summed E-state index contributed by atoms with van der Waals surface area (Å²) in [7, 11) is 1.82. The third-order valence-corrected chi connectivity index (χ3v) is 6.26. The Morgan fingerprint density at radius 3 is 2.58 bits per heavy atom. The molecule has 0 radical (unpaired) electrons. The van der Waals surface area contributed by atoms with Gasteiger partial charge in [0.2, 0.25) is 0 Å². The zero-order valence-corrected chi connectivity index (χ0v) is 19.6. The first-order chi connectivity index (χ1) is 15.9. The van der Waals surface area contributed by atoms with Gasteiger partial charge in [0.15, 0.2) is 5.82 Å². The molecule has 33 heavy (non-hydrogen) atoms. The minimum absolute atomic E-state index is 0.0425. The Kier molecular flexibility index (Phi) is 6.53. The summed E-state index contributed by atoms with van der Waals surface area (Å²) in [5.41, 5.74) is 4.22. The van der Waals surface area contributed by atoms with Crippen LogP contribution in [0.15, 0.2) is 36.5 Å². The third kappa shape index (κ3) is 4.51. The van der Waals surface area contributed by atoms with Gasteiger partial charge in [-0.25, -0.2) is 9.97 Å². The van der Waals surface area contributed by atoms with Crippen LogP contribution in [-0.4, -0.2) is 43.0 Å². The van der Waals surface area contributed by atoms with Crippen molar-refractivity contribution in [1.82, 2.24) is 24.6 Å². The summed E-state index contributed by atoms with van der Waals surface area (Å²) >= 11 is 0. The van der Waals surface area contributed by atoms with Crippen molar-refractivity contribution in [2.75, 3.05) is 11.9 Å². The second-order valence-corrected chi connectivity index (χ2v) is 8.46. The lowest BCUT2D eigenvalue weighted by Crippen LogP contribution is -2.40. The van der Waals surface area contributed by atoms with E-state index in [-0.39, 0.29) is 17.9 Å². The number of aromatic nitrogens is 4. The van der Waals surface area contributed by atoms with E-state index < -0.39 is 0 Å². The topological polar surface area (TPSA) is 93.0 Å². The maximum atomic E-state index is 13.6. The molecule has 0 spiro atoms. The molecule has 8 heteroatoms. The van der Waals surface area contributed by atoms with Crippen molar-refractivity contribution in [3.63, 3.8) is 0 Å². The van der Waals surface area contributed by atoms with Gasteiger partial charge in [-0.05, 0) is 51.7 Å². The zero-order valence-electron chi connectivity index (χ0n) is 19.6. The van der Waals surface area contributed by atoms with E-state index in [2.05, 4.69) is 20.4 Å². The molecule has 1 aliphatic rings. The van der Waals surface area contributed by atoms with Crippen LogP contribution >= 0.6 is 0 Å². The van der Waals surface area contributed by atoms with Gasteiger partial charge >= 0.3 is 0 Å². The number of carbonyl (C=O) groups excluding carboxylic acids is 2. The Morgan fingerprint density at radius 2 is 1.91 bits per heavy atom. The van der Waals surface area contributed by atoms with Crippen molar-refractivity contribution < 1.29 is 9.59 Å². The first-order valence-electron chi connectivity index (χ1n) is 11.4. The quantitative estimate of drug-likeness (QED) is 0.639. The predicted molar refractivity (Wildman–Crippen MR) is 126 cm³/mol. The van der Waals surface area contributed by atoms with E-state index in [9.17, 15) is 9.59 Å². The highest BCUT2D eigenvalue weighted by Crippen LogP contribution is 2.31. The summed E-state index contributed by atoms with van der Waals surface area (Å²) in [5.74, 6) is 0.283. The van der Waals surface area contributed by atoms with Crippen molar-refractivity contribution in [2.45, 2.75) is 52.5 Å². The highest BCUT2D eigenvalue weighted by atomic mass is 16.2. The molecule has 4 rings (SSSR count). The predicted octanol–water partition coefficient (Wildman–Crippen LogP) is 4.01. The minimum atomic E-state index is -0.251. The van der Waals surface area contributed by atoms with E-state index in [0.717, 1.165) is 36.9 Å². The van der Waals surface area contributed by atoms with Crippen LogP contribution in [0.3, 0.4) is 0 Å². The van der Waals surface area contributed by atoms with Crippen molar-refractivity contribution >= 4 is 17.5 Å². The highest BCUT2D eigenvalue weighted by molar-refractivity contribution is 6.04. The number of para-hydroxylation sites is 1. The molecule has 1 saturated heterocycles. The van der Waals surface area contributed by atoms with Crippen molar-refractivity contribution in [3.05, 3.63) is 70.6 Å². The lowest BCUT2D eigenvalue weighted by molar-refractivity contribution is 0.0587. The molecule has 2 aromatic heterocycles. The molecule has 1 aliphatic heterocycles. The van der Waals surface area contributed by atoms with E-state index in [4.69, 9.17) is 0 Å². The number of hydrogen-bond donors (Lipinski definition) is 1. The van der Waals surface area contributed by atoms with Gasteiger partial charge in [0.25, 0.3) is 11.8 Å². The number of hydrogen-bond acceptors (Lipinski definition) is 5.